The van der Waals surface area contributed by atoms with Crippen LogP contribution < -0.4 is 10.1 Å². The van der Waals surface area contributed by atoms with E-state index in [0.717, 1.165) is 11.1 Å². The van der Waals surface area contributed by atoms with Gasteiger partial charge >= 0.3 is 0 Å². The molecule has 0 aliphatic carbocycles. The Kier molecular flexibility index (Phi) is 4.17. The van der Waals surface area contributed by atoms with Gasteiger partial charge in [0.1, 0.15) is 5.75 Å². The van der Waals surface area contributed by atoms with Gasteiger partial charge in [0.05, 0.1) is 24.4 Å². The lowest BCUT2D eigenvalue weighted by Gasteiger charge is -2.16. The molecule has 0 bridgehead atoms. The van der Waals surface area contributed by atoms with Crippen LogP contribution in [0.25, 0.3) is 0 Å². The van der Waals surface area contributed by atoms with Crippen molar-refractivity contribution in [3.63, 3.8) is 0 Å². The van der Waals surface area contributed by atoms with Gasteiger partial charge in [0, 0.05) is 5.56 Å². The standard InChI is InChI=1S/C13H13Cl2NO2/c1-16-12(9-5-6-18-13(9)15)8-3-4-10(14)11(7-8)17-2/h3-7,12,16H,1-2H3. The third-order valence-corrected chi connectivity index (χ3v) is 3.37. The number of hydrogen-bond donors (Lipinski definition) is 1. The molecule has 1 unspecified atom stereocenters. The first kappa shape index (κ1) is 13.3. The minimum atomic E-state index is -0.0672. The molecule has 1 aromatic carbocycles. The molecule has 1 heterocycles. The fraction of sp³-hybridized carbons (Fsp3) is 0.231. The molecule has 3 nitrogen and oxygen atoms in total. The molecule has 0 saturated heterocycles. The molecular weight excluding hydrogens is 273 g/mol. The highest BCUT2D eigenvalue weighted by Gasteiger charge is 2.18. The number of halogens is 2. The van der Waals surface area contributed by atoms with Gasteiger partial charge in [-0.1, -0.05) is 17.7 Å². The largest absolute Gasteiger partial charge is 0.495 e. The maximum atomic E-state index is 6.01. The molecule has 0 aliphatic rings. The van der Waals surface area contributed by atoms with Crippen molar-refractivity contribution in [3.05, 3.63) is 51.9 Å². The highest BCUT2D eigenvalue weighted by atomic mass is 35.5. The van der Waals surface area contributed by atoms with Gasteiger partial charge < -0.3 is 14.5 Å². The molecule has 96 valence electrons. The zero-order valence-electron chi connectivity index (χ0n) is 10.0. The molecule has 18 heavy (non-hydrogen) atoms. The summed E-state index contributed by atoms with van der Waals surface area (Å²) in [6, 6.07) is 7.38. The molecule has 0 amide bonds. The minimum absolute atomic E-state index is 0.0672. The predicted octanol–water partition coefficient (Wildman–Crippen LogP) is 3.90. The fourth-order valence-electron chi connectivity index (χ4n) is 1.87. The number of methoxy groups -OCH3 is 1. The molecule has 2 aromatic rings. The molecule has 0 saturated carbocycles. The van der Waals surface area contributed by atoms with Crippen LogP contribution in [0.4, 0.5) is 0 Å². The minimum Gasteiger partial charge on any atom is -0.495 e. The normalized spacial score (nSPS) is 12.4. The first-order valence-electron chi connectivity index (χ1n) is 5.41. The van der Waals surface area contributed by atoms with Crippen molar-refractivity contribution in [1.82, 2.24) is 5.32 Å². The lowest BCUT2D eigenvalue weighted by atomic mass is 10.0. The number of hydrogen-bond acceptors (Lipinski definition) is 3. The van der Waals surface area contributed by atoms with Crippen molar-refractivity contribution < 1.29 is 9.15 Å². The Bertz CT molecular complexity index is 540. The van der Waals surface area contributed by atoms with Crippen LogP contribution in [-0.4, -0.2) is 14.2 Å². The Labute approximate surface area is 116 Å². The molecule has 0 spiro atoms. The van der Waals surface area contributed by atoms with Gasteiger partial charge in [0.2, 0.25) is 0 Å². The number of ether oxygens (including phenoxy) is 1. The second-order valence-corrected chi connectivity index (χ2v) is 4.52. The van der Waals surface area contributed by atoms with Gasteiger partial charge in [-0.3, -0.25) is 0 Å². The van der Waals surface area contributed by atoms with Crippen LogP contribution in [0.3, 0.4) is 0 Å². The van der Waals surface area contributed by atoms with Crippen LogP contribution >= 0.6 is 23.2 Å². The SMILES string of the molecule is CNC(c1ccc(Cl)c(OC)c1)c1ccoc1Cl. The molecule has 1 N–H and O–H groups in total. The van der Waals surface area contributed by atoms with E-state index in [1.54, 1.807) is 19.4 Å². The molecule has 1 atom stereocenters. The number of rotatable bonds is 4. The summed E-state index contributed by atoms with van der Waals surface area (Å²) in [7, 11) is 3.44. The average Bonchev–Trinajstić information content (AvgIpc) is 2.79. The number of nitrogens with one attached hydrogen (secondary N) is 1. The van der Waals surface area contributed by atoms with Gasteiger partial charge in [-0.25, -0.2) is 0 Å². The van der Waals surface area contributed by atoms with E-state index in [4.69, 9.17) is 32.4 Å². The average molecular weight is 286 g/mol. The summed E-state index contributed by atoms with van der Waals surface area (Å²) in [5, 5.41) is 4.15. The van der Waals surface area contributed by atoms with Crippen LogP contribution in [0.15, 0.2) is 34.9 Å². The van der Waals surface area contributed by atoms with Gasteiger partial charge in [-0.05, 0) is 42.4 Å². The Balaban J connectivity index is 2.42. The smallest absolute Gasteiger partial charge is 0.198 e. The predicted molar refractivity (Wildman–Crippen MR) is 72.6 cm³/mol. The molecule has 0 fully saturated rings. The highest BCUT2D eigenvalue weighted by Crippen LogP contribution is 2.33. The second-order valence-electron chi connectivity index (χ2n) is 3.77. The molecule has 1 aromatic heterocycles. The maximum Gasteiger partial charge on any atom is 0.198 e. The molecular formula is C13H13Cl2NO2. The van der Waals surface area contributed by atoms with Crippen molar-refractivity contribution in [2.75, 3.05) is 14.2 Å². The second kappa shape index (κ2) is 5.65. The zero-order valence-corrected chi connectivity index (χ0v) is 11.5. The monoisotopic (exact) mass is 285 g/mol. The highest BCUT2D eigenvalue weighted by molar-refractivity contribution is 6.32. The van der Waals surface area contributed by atoms with Crippen molar-refractivity contribution in [1.29, 1.82) is 0 Å². The summed E-state index contributed by atoms with van der Waals surface area (Å²) in [5.74, 6) is 0.633. The Morgan fingerprint density at radius 2 is 2.06 bits per heavy atom. The van der Waals surface area contributed by atoms with E-state index in [1.165, 1.54) is 0 Å². The Morgan fingerprint density at radius 3 is 2.61 bits per heavy atom. The lowest BCUT2D eigenvalue weighted by molar-refractivity contribution is 0.414. The van der Waals surface area contributed by atoms with Crippen molar-refractivity contribution in [2.24, 2.45) is 0 Å². The summed E-state index contributed by atoms with van der Waals surface area (Å²) < 4.78 is 10.3. The third-order valence-electron chi connectivity index (χ3n) is 2.75. The quantitative estimate of drug-likeness (QED) is 0.925. The first-order chi connectivity index (χ1) is 8.67. The fourth-order valence-corrected chi connectivity index (χ4v) is 2.29. The first-order valence-corrected chi connectivity index (χ1v) is 6.16. The van der Waals surface area contributed by atoms with E-state index in [0.29, 0.717) is 16.0 Å². The Morgan fingerprint density at radius 1 is 1.28 bits per heavy atom. The number of benzene rings is 1. The van der Waals surface area contributed by atoms with Crippen LogP contribution in [0.5, 0.6) is 5.75 Å². The Hall–Kier alpha value is -1.16. The molecule has 0 radical (unpaired) electrons. The topological polar surface area (TPSA) is 34.4 Å². The zero-order chi connectivity index (χ0) is 13.1. The van der Waals surface area contributed by atoms with Crippen LogP contribution in [0, 0.1) is 0 Å². The van der Waals surface area contributed by atoms with Crippen LogP contribution in [-0.2, 0) is 0 Å². The summed E-state index contributed by atoms with van der Waals surface area (Å²) in [4.78, 5) is 0. The summed E-state index contributed by atoms with van der Waals surface area (Å²) in [6.45, 7) is 0. The van der Waals surface area contributed by atoms with Crippen LogP contribution in [0.2, 0.25) is 10.2 Å². The third kappa shape index (κ3) is 2.48. The van der Waals surface area contributed by atoms with E-state index in [2.05, 4.69) is 5.32 Å². The van der Waals surface area contributed by atoms with E-state index in [-0.39, 0.29) is 6.04 Å². The van der Waals surface area contributed by atoms with Crippen molar-refractivity contribution in [3.8, 4) is 5.75 Å². The molecule has 0 aliphatic heterocycles. The van der Waals surface area contributed by atoms with Crippen LogP contribution in [0.1, 0.15) is 17.2 Å². The van der Waals surface area contributed by atoms with E-state index < -0.39 is 0 Å². The van der Waals surface area contributed by atoms with Gasteiger partial charge in [0.25, 0.3) is 0 Å². The van der Waals surface area contributed by atoms with Crippen molar-refractivity contribution >= 4 is 23.2 Å². The van der Waals surface area contributed by atoms with E-state index in [1.807, 2.05) is 25.2 Å². The van der Waals surface area contributed by atoms with Gasteiger partial charge in [0.15, 0.2) is 5.22 Å². The van der Waals surface area contributed by atoms with Gasteiger partial charge in [-0.2, -0.15) is 0 Å². The molecule has 2 rings (SSSR count). The summed E-state index contributed by atoms with van der Waals surface area (Å²) >= 11 is 12.0. The number of furan rings is 1. The summed E-state index contributed by atoms with van der Waals surface area (Å²) in [6.07, 6.45) is 1.56. The van der Waals surface area contributed by atoms with E-state index in [9.17, 15) is 0 Å². The summed E-state index contributed by atoms with van der Waals surface area (Å²) in [5.41, 5.74) is 1.88. The lowest BCUT2D eigenvalue weighted by Crippen LogP contribution is -2.17. The van der Waals surface area contributed by atoms with E-state index >= 15 is 0 Å². The van der Waals surface area contributed by atoms with Crippen molar-refractivity contribution in [2.45, 2.75) is 6.04 Å². The maximum absolute atomic E-state index is 6.01. The van der Waals surface area contributed by atoms with Gasteiger partial charge in [-0.15, -0.1) is 0 Å². The molecule has 5 heteroatoms.